The van der Waals surface area contributed by atoms with Gasteiger partial charge in [-0.05, 0) is 61.0 Å². The number of rotatable bonds is 9. The molecule has 1 aliphatic rings. The van der Waals surface area contributed by atoms with Gasteiger partial charge < -0.3 is 14.2 Å². The molecule has 2 atom stereocenters. The number of allylic oxidation sites excluding steroid dienone is 1. The standard InChI is InChI=1S/C26H44N2O3Si/c1-19(2)18-30-25(29)24-14-11-15-28(27-24)21(4)20(3)16-22-12-10-13-23(17-22)31-32(8,9)26(5,6)7/h10,12-13,17,19-20,24,27H,4,11,14-16,18H2,1-3,5-9H3. The Hall–Kier alpha value is -1.79. The number of ether oxygens (including phenoxy) is 1. The van der Waals surface area contributed by atoms with Crippen molar-refractivity contribution in [3.05, 3.63) is 42.1 Å². The van der Waals surface area contributed by atoms with Crippen LogP contribution >= 0.6 is 0 Å². The predicted molar refractivity (Wildman–Crippen MR) is 135 cm³/mol. The number of carbonyl (C=O) groups excluding carboxylic acids is 1. The van der Waals surface area contributed by atoms with E-state index >= 15 is 0 Å². The molecular formula is C26H44N2O3Si. The number of hydrazine groups is 1. The highest BCUT2D eigenvalue weighted by atomic mass is 28.4. The predicted octanol–water partition coefficient (Wildman–Crippen LogP) is 5.93. The first kappa shape index (κ1) is 26.5. The SMILES string of the molecule is C=C(C(C)Cc1cccc(O[Si](C)(C)C(C)(C)C)c1)N1CCCC(C(=O)OCC(C)C)N1. The second-order valence-corrected chi connectivity index (χ2v) is 15.8. The number of benzene rings is 1. The van der Waals surface area contributed by atoms with E-state index in [-0.39, 0.29) is 23.0 Å². The number of hydrogen-bond donors (Lipinski definition) is 1. The van der Waals surface area contributed by atoms with Crippen LogP contribution in [0.25, 0.3) is 0 Å². The lowest BCUT2D eigenvalue weighted by Gasteiger charge is -2.37. The second-order valence-electron chi connectivity index (χ2n) is 11.1. The van der Waals surface area contributed by atoms with Crippen molar-refractivity contribution >= 4 is 14.3 Å². The van der Waals surface area contributed by atoms with Crippen LogP contribution in [0.2, 0.25) is 18.1 Å². The molecule has 1 aliphatic heterocycles. The first-order valence-corrected chi connectivity index (χ1v) is 14.9. The number of nitrogens with one attached hydrogen (secondary N) is 1. The number of carbonyl (C=O) groups is 1. The maximum absolute atomic E-state index is 12.4. The van der Waals surface area contributed by atoms with Gasteiger partial charge in [-0.3, -0.25) is 4.79 Å². The van der Waals surface area contributed by atoms with Crippen LogP contribution < -0.4 is 9.85 Å². The van der Waals surface area contributed by atoms with Crippen molar-refractivity contribution in [3.8, 4) is 5.75 Å². The molecule has 2 rings (SSSR count). The summed E-state index contributed by atoms with van der Waals surface area (Å²) >= 11 is 0. The third kappa shape index (κ3) is 7.38. The van der Waals surface area contributed by atoms with Gasteiger partial charge in [-0.1, -0.05) is 60.3 Å². The van der Waals surface area contributed by atoms with Gasteiger partial charge in [0.1, 0.15) is 11.8 Å². The van der Waals surface area contributed by atoms with Crippen molar-refractivity contribution < 1.29 is 14.0 Å². The van der Waals surface area contributed by atoms with Crippen molar-refractivity contribution in [1.82, 2.24) is 10.4 Å². The van der Waals surface area contributed by atoms with Crippen LogP contribution in [0.1, 0.15) is 59.9 Å². The molecule has 1 saturated heterocycles. The van der Waals surface area contributed by atoms with Gasteiger partial charge in [-0.2, -0.15) is 0 Å². The summed E-state index contributed by atoms with van der Waals surface area (Å²) in [5, 5.41) is 2.21. The van der Waals surface area contributed by atoms with Gasteiger partial charge >= 0.3 is 5.97 Å². The van der Waals surface area contributed by atoms with Crippen LogP contribution in [0.15, 0.2) is 36.5 Å². The third-order valence-electron chi connectivity index (χ3n) is 6.56. The van der Waals surface area contributed by atoms with Crippen LogP contribution in [0.3, 0.4) is 0 Å². The fraction of sp³-hybridized carbons (Fsp3) is 0.654. The normalized spacial score (nSPS) is 18.4. The van der Waals surface area contributed by atoms with Crippen LogP contribution in [-0.4, -0.2) is 38.5 Å². The molecule has 0 aliphatic carbocycles. The smallest absolute Gasteiger partial charge is 0.324 e. The Kier molecular flexibility index (Phi) is 9.00. The van der Waals surface area contributed by atoms with Gasteiger partial charge in [0.2, 0.25) is 8.32 Å². The Morgan fingerprint density at radius 1 is 1.28 bits per heavy atom. The molecule has 1 N–H and O–H groups in total. The average Bonchev–Trinajstić information content (AvgIpc) is 2.70. The Balaban J connectivity index is 1.98. The van der Waals surface area contributed by atoms with Crippen molar-refractivity contribution in [1.29, 1.82) is 0 Å². The fourth-order valence-electron chi connectivity index (χ4n) is 3.44. The molecule has 0 radical (unpaired) electrons. The molecule has 0 aromatic heterocycles. The Morgan fingerprint density at radius 3 is 2.59 bits per heavy atom. The molecule has 0 amide bonds. The first-order valence-electron chi connectivity index (χ1n) is 12.0. The van der Waals surface area contributed by atoms with E-state index in [4.69, 9.17) is 9.16 Å². The minimum atomic E-state index is -1.87. The molecular weight excluding hydrogens is 416 g/mol. The average molecular weight is 461 g/mol. The minimum Gasteiger partial charge on any atom is -0.543 e. The molecule has 5 nitrogen and oxygen atoms in total. The number of esters is 1. The summed E-state index contributed by atoms with van der Waals surface area (Å²) in [4.78, 5) is 12.4. The zero-order valence-corrected chi connectivity index (χ0v) is 22.5. The number of hydrogen-bond acceptors (Lipinski definition) is 5. The first-order chi connectivity index (χ1) is 14.8. The lowest BCUT2D eigenvalue weighted by Crippen LogP contribution is -2.53. The fourth-order valence-corrected chi connectivity index (χ4v) is 4.46. The lowest BCUT2D eigenvalue weighted by molar-refractivity contribution is -0.150. The van der Waals surface area contributed by atoms with Crippen molar-refractivity contribution in [2.75, 3.05) is 13.2 Å². The van der Waals surface area contributed by atoms with Gasteiger partial charge in [0.15, 0.2) is 0 Å². The Bertz CT molecular complexity index is 786. The van der Waals surface area contributed by atoms with Gasteiger partial charge in [0.25, 0.3) is 0 Å². The van der Waals surface area contributed by atoms with Crippen LogP contribution in [0, 0.1) is 11.8 Å². The van der Waals surface area contributed by atoms with E-state index < -0.39 is 8.32 Å². The van der Waals surface area contributed by atoms with Gasteiger partial charge in [-0.15, -0.1) is 0 Å². The van der Waals surface area contributed by atoms with Gasteiger partial charge in [-0.25, -0.2) is 5.43 Å². The molecule has 0 spiro atoms. The Labute approximate surface area is 196 Å². The molecule has 0 bridgehead atoms. The largest absolute Gasteiger partial charge is 0.543 e. The summed E-state index contributed by atoms with van der Waals surface area (Å²) in [6, 6.07) is 8.15. The number of nitrogens with zero attached hydrogens (tertiary/aromatic N) is 1. The summed E-state index contributed by atoms with van der Waals surface area (Å²) in [5.41, 5.74) is 5.58. The van der Waals surface area contributed by atoms with Crippen LogP contribution in [0.4, 0.5) is 0 Å². The quantitative estimate of drug-likeness (QED) is 0.365. The highest BCUT2D eigenvalue weighted by Gasteiger charge is 2.39. The van der Waals surface area contributed by atoms with Crippen LogP contribution in [0.5, 0.6) is 5.75 Å². The highest BCUT2D eigenvalue weighted by molar-refractivity contribution is 6.74. The highest BCUT2D eigenvalue weighted by Crippen LogP contribution is 2.37. The Morgan fingerprint density at radius 2 is 1.97 bits per heavy atom. The van der Waals surface area contributed by atoms with E-state index in [0.29, 0.717) is 12.5 Å². The van der Waals surface area contributed by atoms with E-state index in [1.165, 1.54) is 5.56 Å². The zero-order valence-electron chi connectivity index (χ0n) is 21.5. The van der Waals surface area contributed by atoms with Crippen molar-refractivity contribution in [2.45, 2.75) is 85.0 Å². The lowest BCUT2D eigenvalue weighted by atomic mass is 9.97. The summed E-state index contributed by atoms with van der Waals surface area (Å²) < 4.78 is 11.9. The minimum absolute atomic E-state index is 0.164. The van der Waals surface area contributed by atoms with Gasteiger partial charge in [0, 0.05) is 18.2 Å². The topological polar surface area (TPSA) is 50.8 Å². The maximum atomic E-state index is 12.4. The molecule has 1 aromatic rings. The summed E-state index contributed by atoms with van der Waals surface area (Å²) in [7, 11) is -1.87. The molecule has 180 valence electrons. The van der Waals surface area contributed by atoms with Crippen molar-refractivity contribution in [2.24, 2.45) is 11.8 Å². The molecule has 6 heteroatoms. The third-order valence-corrected chi connectivity index (χ3v) is 10.9. The van der Waals surface area contributed by atoms with E-state index in [9.17, 15) is 4.79 Å². The zero-order chi connectivity index (χ0) is 24.1. The molecule has 32 heavy (non-hydrogen) atoms. The van der Waals surface area contributed by atoms with Crippen molar-refractivity contribution in [3.63, 3.8) is 0 Å². The second kappa shape index (κ2) is 10.9. The van der Waals surface area contributed by atoms with E-state index in [2.05, 4.69) is 77.1 Å². The monoisotopic (exact) mass is 460 g/mol. The summed E-state index contributed by atoms with van der Waals surface area (Å²) in [5.74, 6) is 1.36. The molecule has 1 aromatic carbocycles. The molecule has 1 fully saturated rings. The van der Waals surface area contributed by atoms with E-state index in [1.54, 1.807) is 0 Å². The molecule has 1 heterocycles. The molecule has 0 saturated carbocycles. The summed E-state index contributed by atoms with van der Waals surface area (Å²) in [6.45, 7) is 23.2. The van der Waals surface area contributed by atoms with Crippen LogP contribution in [-0.2, 0) is 16.0 Å². The summed E-state index contributed by atoms with van der Waals surface area (Å²) in [6.07, 6.45) is 2.60. The molecule has 2 unspecified atom stereocenters. The van der Waals surface area contributed by atoms with Gasteiger partial charge in [0.05, 0.1) is 6.61 Å². The maximum Gasteiger partial charge on any atom is 0.324 e. The van der Waals surface area contributed by atoms with E-state index in [1.807, 2.05) is 18.9 Å². The van der Waals surface area contributed by atoms with E-state index in [0.717, 1.165) is 37.3 Å².